The summed E-state index contributed by atoms with van der Waals surface area (Å²) in [4.78, 5) is 13.1. The highest BCUT2D eigenvalue weighted by Crippen LogP contribution is 2.37. The van der Waals surface area contributed by atoms with Crippen molar-refractivity contribution in [2.24, 2.45) is 0 Å². The number of amides is 1. The minimum absolute atomic E-state index is 0.120. The second-order valence-electron chi connectivity index (χ2n) is 7.40. The van der Waals surface area contributed by atoms with Crippen LogP contribution in [-0.2, 0) is 17.8 Å². The van der Waals surface area contributed by atoms with Crippen LogP contribution < -0.4 is 15.4 Å². The molecule has 4 nitrogen and oxygen atoms in total. The average Bonchev–Trinajstić information content (AvgIpc) is 3.13. The molecular formula is C25H21Br2ClN2O2S. The van der Waals surface area contributed by atoms with Crippen LogP contribution in [-0.4, -0.2) is 11.4 Å². The van der Waals surface area contributed by atoms with Gasteiger partial charge in [-0.3, -0.25) is 4.79 Å². The first-order valence-electron chi connectivity index (χ1n) is 10.3. The molecule has 1 aliphatic heterocycles. The van der Waals surface area contributed by atoms with Crippen molar-refractivity contribution in [2.75, 3.05) is 5.32 Å². The van der Waals surface area contributed by atoms with Crippen molar-refractivity contribution in [3.05, 3.63) is 96.2 Å². The molecule has 8 heteroatoms. The summed E-state index contributed by atoms with van der Waals surface area (Å²) in [6.45, 7) is 2.52. The molecule has 1 amide bonds. The third-order valence-corrected chi connectivity index (χ3v) is 7.43. The average molecular weight is 609 g/mol. The van der Waals surface area contributed by atoms with Crippen LogP contribution in [0.15, 0.2) is 74.5 Å². The number of anilines is 1. The number of hydrogen-bond donors (Lipinski definition) is 2. The van der Waals surface area contributed by atoms with E-state index >= 15 is 0 Å². The van der Waals surface area contributed by atoms with Gasteiger partial charge in [0.05, 0.1) is 14.4 Å². The third kappa shape index (κ3) is 6.35. The van der Waals surface area contributed by atoms with Crippen LogP contribution in [0.5, 0.6) is 5.75 Å². The van der Waals surface area contributed by atoms with E-state index in [9.17, 15) is 4.79 Å². The molecule has 1 atom stereocenters. The molecule has 0 aromatic heterocycles. The first-order valence-corrected chi connectivity index (χ1v) is 13.2. The minimum Gasteiger partial charge on any atom is -0.486 e. The van der Waals surface area contributed by atoms with Gasteiger partial charge in [-0.15, -0.1) is 0 Å². The highest BCUT2D eigenvalue weighted by molar-refractivity contribution is 9.10. The Kier molecular flexibility index (Phi) is 8.07. The molecule has 3 aromatic rings. The number of benzene rings is 3. The van der Waals surface area contributed by atoms with E-state index in [1.165, 1.54) is 17.3 Å². The standard InChI is InChI=1S/C25H21Br2ClN2O2S/c1-2-15-5-9-19(10-6-15)29-25-30-24(31)22(33-25)13-17-11-20(27)23(21(28)12-17)32-14-16-3-7-18(26)8-4-16/h3-13,25,29H,2,14H2,1H3,(H,30,31)/b22-13-/t25-/m0/s1. The third-order valence-electron chi connectivity index (χ3n) is 5.01. The van der Waals surface area contributed by atoms with E-state index in [4.69, 9.17) is 16.3 Å². The smallest absolute Gasteiger partial charge is 0.260 e. The number of aryl methyl sites for hydroxylation is 1. The van der Waals surface area contributed by atoms with Crippen molar-refractivity contribution < 1.29 is 9.53 Å². The van der Waals surface area contributed by atoms with E-state index in [2.05, 4.69) is 61.5 Å². The highest BCUT2D eigenvalue weighted by atomic mass is 79.9. The number of ether oxygens (including phenoxy) is 1. The first-order chi connectivity index (χ1) is 15.9. The first kappa shape index (κ1) is 24.2. The fraction of sp³-hybridized carbons (Fsp3) is 0.160. The van der Waals surface area contributed by atoms with Gasteiger partial charge in [0.15, 0.2) is 11.2 Å². The number of nitrogens with one attached hydrogen (secondary N) is 2. The van der Waals surface area contributed by atoms with E-state index < -0.39 is 0 Å². The molecule has 0 aliphatic carbocycles. The molecule has 0 spiro atoms. The fourth-order valence-electron chi connectivity index (χ4n) is 3.24. The summed E-state index contributed by atoms with van der Waals surface area (Å²) in [5.74, 6) is 0.450. The molecule has 1 fully saturated rings. The Hall–Kier alpha value is -1.93. The Bertz CT molecular complexity index is 1160. The molecule has 3 aromatic carbocycles. The molecule has 170 valence electrons. The van der Waals surface area contributed by atoms with E-state index in [1.54, 1.807) is 6.07 Å². The molecule has 0 bridgehead atoms. The number of thioether (sulfide) groups is 1. The number of rotatable bonds is 7. The summed E-state index contributed by atoms with van der Waals surface area (Å²) in [7, 11) is 0. The molecule has 0 radical (unpaired) electrons. The SMILES string of the molecule is CCc1ccc(N[C@H]2NC(=O)/C(=C/c3cc(Cl)c(OCc4ccc(Br)cc4)c(Br)c3)S2)cc1. The van der Waals surface area contributed by atoms with Crippen LogP contribution in [0.2, 0.25) is 5.02 Å². The van der Waals surface area contributed by atoms with E-state index in [0.29, 0.717) is 22.3 Å². The lowest BCUT2D eigenvalue weighted by Crippen LogP contribution is -2.30. The van der Waals surface area contributed by atoms with Gasteiger partial charge in [-0.2, -0.15) is 0 Å². The van der Waals surface area contributed by atoms with Crippen LogP contribution >= 0.6 is 55.2 Å². The quantitative estimate of drug-likeness (QED) is 0.271. The number of carbonyl (C=O) groups excluding carboxylic acids is 1. The van der Waals surface area contributed by atoms with Crippen LogP contribution in [0.25, 0.3) is 6.08 Å². The molecule has 0 unspecified atom stereocenters. The Balaban J connectivity index is 1.43. The molecule has 1 aliphatic rings. The van der Waals surface area contributed by atoms with Crippen molar-refractivity contribution in [3.63, 3.8) is 0 Å². The molecular weight excluding hydrogens is 588 g/mol. The Morgan fingerprint density at radius 2 is 1.79 bits per heavy atom. The van der Waals surface area contributed by atoms with Crippen molar-refractivity contribution in [1.82, 2.24) is 5.32 Å². The second-order valence-corrected chi connectivity index (χ2v) is 10.7. The van der Waals surface area contributed by atoms with Crippen LogP contribution in [0, 0.1) is 0 Å². The van der Waals surface area contributed by atoms with Gasteiger partial charge in [0.1, 0.15) is 6.61 Å². The van der Waals surface area contributed by atoms with Gasteiger partial charge in [-0.25, -0.2) is 0 Å². The minimum atomic E-state index is -0.233. The molecule has 1 heterocycles. The van der Waals surface area contributed by atoms with E-state index in [-0.39, 0.29) is 11.4 Å². The van der Waals surface area contributed by atoms with Crippen LogP contribution in [0.1, 0.15) is 23.6 Å². The topological polar surface area (TPSA) is 50.4 Å². The molecule has 2 N–H and O–H groups in total. The molecule has 0 saturated carbocycles. The highest BCUT2D eigenvalue weighted by Gasteiger charge is 2.27. The summed E-state index contributed by atoms with van der Waals surface area (Å²) in [5, 5.41) is 6.77. The Morgan fingerprint density at radius 3 is 2.45 bits per heavy atom. The lowest BCUT2D eigenvalue weighted by atomic mass is 10.1. The lowest BCUT2D eigenvalue weighted by molar-refractivity contribution is -0.116. The summed E-state index contributed by atoms with van der Waals surface area (Å²) in [5.41, 5.74) is 3.85. The maximum atomic E-state index is 12.5. The van der Waals surface area contributed by atoms with Gasteiger partial charge in [0.2, 0.25) is 0 Å². The maximum absolute atomic E-state index is 12.5. The van der Waals surface area contributed by atoms with Gasteiger partial charge in [-0.05, 0) is 81.5 Å². The zero-order valence-corrected chi connectivity index (χ0v) is 22.4. The summed E-state index contributed by atoms with van der Waals surface area (Å²) in [6.07, 6.45) is 2.82. The Labute approximate surface area is 219 Å². The van der Waals surface area contributed by atoms with Crippen molar-refractivity contribution >= 4 is 72.9 Å². The second kappa shape index (κ2) is 11.0. The number of carbonyl (C=O) groups is 1. The summed E-state index contributed by atoms with van der Waals surface area (Å²) < 4.78 is 7.68. The van der Waals surface area contributed by atoms with E-state index in [1.807, 2.05) is 48.5 Å². The molecule has 4 rings (SSSR count). The number of hydrogen-bond acceptors (Lipinski definition) is 4. The lowest BCUT2D eigenvalue weighted by Gasteiger charge is -2.13. The monoisotopic (exact) mass is 606 g/mol. The Morgan fingerprint density at radius 1 is 1.09 bits per heavy atom. The normalized spacial score (nSPS) is 16.7. The molecule has 1 saturated heterocycles. The van der Waals surface area contributed by atoms with Crippen molar-refractivity contribution in [2.45, 2.75) is 25.4 Å². The zero-order valence-electron chi connectivity index (χ0n) is 17.7. The van der Waals surface area contributed by atoms with Crippen LogP contribution in [0.4, 0.5) is 5.69 Å². The van der Waals surface area contributed by atoms with Crippen molar-refractivity contribution in [3.8, 4) is 5.75 Å². The largest absolute Gasteiger partial charge is 0.486 e. The number of halogens is 3. The van der Waals surface area contributed by atoms with Gasteiger partial charge in [-0.1, -0.05) is 70.5 Å². The van der Waals surface area contributed by atoms with E-state index in [0.717, 1.165) is 32.2 Å². The van der Waals surface area contributed by atoms with Gasteiger partial charge >= 0.3 is 0 Å². The fourth-order valence-corrected chi connectivity index (χ4v) is 5.48. The van der Waals surface area contributed by atoms with Gasteiger partial charge in [0, 0.05) is 10.2 Å². The predicted molar refractivity (Wildman–Crippen MR) is 145 cm³/mol. The molecule has 33 heavy (non-hydrogen) atoms. The van der Waals surface area contributed by atoms with Gasteiger partial charge < -0.3 is 15.4 Å². The maximum Gasteiger partial charge on any atom is 0.260 e. The summed E-state index contributed by atoms with van der Waals surface area (Å²) in [6, 6.07) is 19.8. The van der Waals surface area contributed by atoms with Crippen LogP contribution in [0.3, 0.4) is 0 Å². The predicted octanol–water partition coefficient (Wildman–Crippen LogP) is 7.61. The summed E-state index contributed by atoms with van der Waals surface area (Å²) >= 11 is 14.9. The van der Waals surface area contributed by atoms with Crippen molar-refractivity contribution in [1.29, 1.82) is 0 Å². The zero-order chi connectivity index (χ0) is 23.4. The van der Waals surface area contributed by atoms with Gasteiger partial charge in [0.25, 0.3) is 5.91 Å².